The molecule has 18 heavy (non-hydrogen) atoms. The Bertz CT molecular complexity index is 445. The van der Waals surface area contributed by atoms with Gasteiger partial charge in [0.1, 0.15) is 5.82 Å². The number of halogens is 2. The fraction of sp³-hybridized carbons (Fsp3) is 0.462. The summed E-state index contributed by atoms with van der Waals surface area (Å²) in [5.41, 5.74) is 0.906. The molecule has 2 rings (SSSR count). The van der Waals surface area contributed by atoms with Gasteiger partial charge in [0.2, 0.25) is 0 Å². The van der Waals surface area contributed by atoms with Gasteiger partial charge in [0.25, 0.3) is 0 Å². The summed E-state index contributed by atoms with van der Waals surface area (Å²) in [5, 5.41) is 8.92. The van der Waals surface area contributed by atoms with Gasteiger partial charge in [-0.15, -0.1) is 0 Å². The van der Waals surface area contributed by atoms with Gasteiger partial charge in [0.15, 0.2) is 0 Å². The number of hydrogen-bond acceptors (Lipinski definition) is 2. The van der Waals surface area contributed by atoms with E-state index in [9.17, 15) is 9.18 Å². The Morgan fingerprint density at radius 2 is 2.11 bits per heavy atom. The number of carbonyl (C=O) groups is 1. The minimum atomic E-state index is -0.707. The monoisotopic (exact) mass is 315 g/mol. The molecule has 0 amide bonds. The molecule has 1 aromatic carbocycles. The van der Waals surface area contributed by atoms with Crippen molar-refractivity contribution < 1.29 is 14.3 Å². The van der Waals surface area contributed by atoms with E-state index >= 15 is 0 Å². The highest BCUT2D eigenvalue weighted by Gasteiger charge is 2.24. The number of aliphatic carboxylic acids is 1. The second-order valence-corrected chi connectivity index (χ2v) is 5.48. The highest BCUT2D eigenvalue weighted by atomic mass is 79.9. The number of piperidine rings is 1. The molecule has 1 N–H and O–H groups in total. The molecular weight excluding hydrogens is 301 g/mol. The Labute approximate surface area is 114 Å². The van der Waals surface area contributed by atoms with Crippen LogP contribution in [0.15, 0.2) is 22.7 Å². The predicted molar refractivity (Wildman–Crippen MR) is 69.7 cm³/mol. The number of nitrogens with zero attached hydrogens (tertiary/aromatic N) is 1. The van der Waals surface area contributed by atoms with Crippen LogP contribution in [0.5, 0.6) is 0 Å². The molecule has 0 saturated carbocycles. The maximum atomic E-state index is 13.2. The summed E-state index contributed by atoms with van der Waals surface area (Å²) in [6.45, 7) is 2.16. The second kappa shape index (κ2) is 5.80. The summed E-state index contributed by atoms with van der Waals surface area (Å²) in [5.74, 6) is -1.17. The van der Waals surface area contributed by atoms with Crippen molar-refractivity contribution in [1.29, 1.82) is 0 Å². The minimum Gasteiger partial charge on any atom is -0.481 e. The van der Waals surface area contributed by atoms with Crippen molar-refractivity contribution in [3.8, 4) is 0 Å². The van der Waals surface area contributed by atoms with Crippen molar-refractivity contribution in [2.45, 2.75) is 19.4 Å². The van der Waals surface area contributed by atoms with Crippen LogP contribution < -0.4 is 0 Å². The van der Waals surface area contributed by atoms with E-state index < -0.39 is 5.97 Å². The number of rotatable bonds is 3. The Balaban J connectivity index is 1.95. The zero-order valence-corrected chi connectivity index (χ0v) is 11.5. The summed E-state index contributed by atoms with van der Waals surface area (Å²) < 4.78 is 14.0. The van der Waals surface area contributed by atoms with Crippen LogP contribution in [0.2, 0.25) is 0 Å². The number of hydrogen-bond donors (Lipinski definition) is 1. The maximum Gasteiger partial charge on any atom is 0.306 e. The number of carboxylic acid groups (broad SMARTS) is 1. The summed E-state index contributed by atoms with van der Waals surface area (Å²) in [6.07, 6.45) is 1.34. The van der Waals surface area contributed by atoms with E-state index in [1.54, 1.807) is 6.07 Å². The van der Waals surface area contributed by atoms with Gasteiger partial charge in [-0.2, -0.15) is 0 Å². The van der Waals surface area contributed by atoms with E-state index in [0.29, 0.717) is 19.4 Å². The molecule has 3 nitrogen and oxygen atoms in total. The first kappa shape index (κ1) is 13.5. The minimum absolute atomic E-state index is 0.225. The van der Waals surface area contributed by atoms with Crippen molar-refractivity contribution in [2.24, 2.45) is 5.92 Å². The summed E-state index contributed by atoms with van der Waals surface area (Å²) in [6, 6.07) is 4.65. The Morgan fingerprint density at radius 3 is 2.72 bits per heavy atom. The normalized spacial score (nSPS) is 17.9. The van der Waals surface area contributed by atoms with Gasteiger partial charge in [-0.25, -0.2) is 4.39 Å². The van der Waals surface area contributed by atoms with Crippen LogP contribution in [0.1, 0.15) is 18.4 Å². The lowest BCUT2D eigenvalue weighted by molar-refractivity contribution is -0.143. The zero-order valence-electron chi connectivity index (χ0n) is 9.90. The molecule has 1 fully saturated rings. The molecule has 1 aliphatic rings. The van der Waals surface area contributed by atoms with Gasteiger partial charge >= 0.3 is 5.97 Å². The number of carboxylic acids is 1. The van der Waals surface area contributed by atoms with Gasteiger partial charge in [0, 0.05) is 11.0 Å². The quantitative estimate of drug-likeness (QED) is 0.932. The third-order valence-electron chi connectivity index (χ3n) is 3.34. The molecule has 0 atom stereocenters. The lowest BCUT2D eigenvalue weighted by atomic mass is 9.97. The van der Waals surface area contributed by atoms with Gasteiger partial charge in [-0.1, -0.05) is 15.9 Å². The van der Waals surface area contributed by atoms with Crippen molar-refractivity contribution in [3.05, 3.63) is 34.1 Å². The molecular formula is C13H15BrFNO2. The standard InChI is InChI=1S/C13H15BrFNO2/c14-12-2-1-11(15)7-10(12)8-16-5-3-9(4-6-16)13(17)18/h1-2,7,9H,3-6,8H2,(H,17,18). The van der Waals surface area contributed by atoms with Crippen LogP contribution in [0.4, 0.5) is 4.39 Å². The molecule has 1 aliphatic heterocycles. The third-order valence-corrected chi connectivity index (χ3v) is 4.11. The zero-order chi connectivity index (χ0) is 13.1. The molecule has 1 aromatic rings. The van der Waals surface area contributed by atoms with Crippen LogP contribution >= 0.6 is 15.9 Å². The summed E-state index contributed by atoms with van der Waals surface area (Å²) in [7, 11) is 0. The molecule has 0 radical (unpaired) electrons. The molecule has 1 heterocycles. The van der Waals surface area contributed by atoms with E-state index in [4.69, 9.17) is 5.11 Å². The van der Waals surface area contributed by atoms with Crippen molar-refractivity contribution in [3.63, 3.8) is 0 Å². The number of likely N-dealkylation sites (tertiary alicyclic amines) is 1. The number of benzene rings is 1. The first-order valence-electron chi connectivity index (χ1n) is 5.95. The average Bonchev–Trinajstić information content (AvgIpc) is 2.34. The third kappa shape index (κ3) is 3.29. The van der Waals surface area contributed by atoms with Crippen molar-refractivity contribution >= 4 is 21.9 Å². The van der Waals surface area contributed by atoms with E-state index in [1.165, 1.54) is 12.1 Å². The molecule has 0 aliphatic carbocycles. The van der Waals surface area contributed by atoms with Crippen LogP contribution in [-0.4, -0.2) is 29.1 Å². The van der Waals surface area contributed by atoms with Crippen molar-refractivity contribution in [1.82, 2.24) is 4.90 Å². The van der Waals surface area contributed by atoms with Crippen LogP contribution in [0.25, 0.3) is 0 Å². The van der Waals surface area contributed by atoms with Gasteiger partial charge < -0.3 is 5.11 Å². The fourth-order valence-corrected chi connectivity index (χ4v) is 2.62. The molecule has 0 bridgehead atoms. The molecule has 0 spiro atoms. The first-order chi connectivity index (χ1) is 8.56. The maximum absolute atomic E-state index is 13.2. The molecule has 1 saturated heterocycles. The van der Waals surface area contributed by atoms with Crippen LogP contribution in [0.3, 0.4) is 0 Å². The SMILES string of the molecule is O=C(O)C1CCN(Cc2cc(F)ccc2Br)CC1. The van der Waals surface area contributed by atoms with Crippen LogP contribution in [-0.2, 0) is 11.3 Å². The van der Waals surface area contributed by atoms with Crippen LogP contribution in [0, 0.1) is 11.7 Å². The van der Waals surface area contributed by atoms with Crippen molar-refractivity contribution in [2.75, 3.05) is 13.1 Å². The van der Waals surface area contributed by atoms with Gasteiger partial charge in [0.05, 0.1) is 5.92 Å². The van der Waals surface area contributed by atoms with Gasteiger partial charge in [-0.05, 0) is 49.7 Å². The lowest BCUT2D eigenvalue weighted by Gasteiger charge is -2.30. The van der Waals surface area contributed by atoms with E-state index in [0.717, 1.165) is 23.1 Å². The smallest absolute Gasteiger partial charge is 0.306 e. The predicted octanol–water partition coefficient (Wildman–Crippen LogP) is 2.88. The highest BCUT2D eigenvalue weighted by Crippen LogP contribution is 2.23. The molecule has 98 valence electrons. The molecule has 0 aromatic heterocycles. The largest absolute Gasteiger partial charge is 0.481 e. The average molecular weight is 316 g/mol. The Hall–Kier alpha value is -0.940. The highest BCUT2D eigenvalue weighted by molar-refractivity contribution is 9.10. The Morgan fingerprint density at radius 1 is 1.44 bits per heavy atom. The van der Waals surface area contributed by atoms with E-state index in [1.807, 2.05) is 0 Å². The molecule has 0 unspecified atom stereocenters. The van der Waals surface area contributed by atoms with E-state index in [-0.39, 0.29) is 11.7 Å². The first-order valence-corrected chi connectivity index (χ1v) is 6.74. The molecule has 5 heteroatoms. The van der Waals surface area contributed by atoms with Gasteiger partial charge in [-0.3, -0.25) is 9.69 Å². The Kier molecular flexibility index (Phi) is 4.35. The second-order valence-electron chi connectivity index (χ2n) is 4.62. The summed E-state index contributed by atoms with van der Waals surface area (Å²) >= 11 is 3.40. The van der Waals surface area contributed by atoms with E-state index in [2.05, 4.69) is 20.8 Å². The summed E-state index contributed by atoms with van der Waals surface area (Å²) in [4.78, 5) is 13.0. The topological polar surface area (TPSA) is 40.5 Å². The fourth-order valence-electron chi connectivity index (χ4n) is 2.24. The lowest BCUT2D eigenvalue weighted by Crippen LogP contribution is -2.35.